The molecular weight excluding hydrogens is 667 g/mol. The first-order valence-electron chi connectivity index (χ1n) is 12.5. The van der Waals surface area contributed by atoms with E-state index in [0.29, 0.717) is 39.0 Å². The van der Waals surface area contributed by atoms with Gasteiger partial charge in [-0.15, -0.1) is 0 Å². The lowest BCUT2D eigenvalue weighted by Crippen LogP contribution is -2.10. The Bertz CT molecular complexity index is 1690. The summed E-state index contributed by atoms with van der Waals surface area (Å²) in [6, 6.07) is 9.73. The van der Waals surface area contributed by atoms with Crippen LogP contribution < -0.4 is 10.6 Å². The van der Waals surface area contributed by atoms with Gasteiger partial charge in [-0.2, -0.15) is 15.5 Å². The van der Waals surface area contributed by atoms with Crippen molar-refractivity contribution < 1.29 is 4.39 Å². The number of hydrogen-bond acceptors (Lipinski definition) is 7. The van der Waals surface area contributed by atoms with E-state index in [1.54, 1.807) is 39.6 Å². The first kappa shape index (κ1) is 29.8. The van der Waals surface area contributed by atoms with Crippen molar-refractivity contribution in [2.45, 2.75) is 27.7 Å². The van der Waals surface area contributed by atoms with E-state index in [0.717, 1.165) is 33.8 Å². The van der Waals surface area contributed by atoms with Crippen molar-refractivity contribution in [2.75, 3.05) is 23.7 Å². The summed E-state index contributed by atoms with van der Waals surface area (Å²) in [5, 5.41) is 24.7. The number of rotatable bonds is 7. The van der Waals surface area contributed by atoms with Gasteiger partial charge in [0.1, 0.15) is 15.6 Å². The normalized spacial score (nSPS) is 11.1. The summed E-state index contributed by atoms with van der Waals surface area (Å²) in [6.45, 7) is 10.2. The average molecular weight is 694 g/mol. The number of nitrogens with one attached hydrogen (secondary N) is 2. The highest BCUT2D eigenvalue weighted by atomic mass is 127. The van der Waals surface area contributed by atoms with Crippen LogP contribution in [0.5, 0.6) is 0 Å². The molecule has 4 heterocycles. The van der Waals surface area contributed by atoms with Crippen molar-refractivity contribution in [1.29, 1.82) is 5.26 Å². The molecule has 2 N–H and O–H groups in total. The van der Waals surface area contributed by atoms with E-state index < -0.39 is 5.82 Å². The van der Waals surface area contributed by atoms with E-state index in [-0.39, 0.29) is 5.56 Å². The number of halogens is 4. The minimum Gasteiger partial charge on any atom is -0.382 e. The molecule has 0 aliphatic carbocycles. The smallest absolute Gasteiger partial charge is 0.178 e. The number of benzene rings is 1. The van der Waals surface area contributed by atoms with Crippen LogP contribution >= 0.6 is 45.8 Å². The Morgan fingerprint density at radius 3 is 2.00 bits per heavy atom. The van der Waals surface area contributed by atoms with Gasteiger partial charge in [0, 0.05) is 30.8 Å². The molecule has 9 nitrogen and oxygen atoms in total. The molecule has 0 atom stereocenters. The van der Waals surface area contributed by atoms with Crippen LogP contribution in [0.4, 0.5) is 15.8 Å². The molecule has 5 aromatic rings. The Kier molecular flexibility index (Phi) is 9.65. The largest absolute Gasteiger partial charge is 0.382 e. The molecule has 0 bridgehead atoms. The predicted octanol–water partition coefficient (Wildman–Crippen LogP) is 7.18. The van der Waals surface area contributed by atoms with Gasteiger partial charge in [0.25, 0.3) is 0 Å². The predicted molar refractivity (Wildman–Crippen MR) is 165 cm³/mol. The molecule has 0 saturated heterocycles. The standard InChI is InChI=1S/C17H15ClFN5.C10H12ClIN4/c1-10(2)8-21-14-6-16(18)23-24-15(9-22-17(14)24)11-3-4-12(7-20)13(19)5-11;1-6(2)4-13-7-3-8(11)15-16-9(12)5-14-10(7)16/h3-6,9-10,21H,8H2,1-2H3;3,5-6,13H,4H2,1-2H3. The fraction of sp³-hybridized carbons (Fsp3) is 0.296. The monoisotopic (exact) mass is 693 g/mol. The van der Waals surface area contributed by atoms with Gasteiger partial charge in [-0.1, -0.05) is 57.0 Å². The van der Waals surface area contributed by atoms with Crippen molar-refractivity contribution in [3.8, 4) is 17.3 Å². The average Bonchev–Trinajstić information content (AvgIpc) is 3.49. The van der Waals surface area contributed by atoms with Crippen LogP contribution in [0.2, 0.25) is 10.3 Å². The van der Waals surface area contributed by atoms with Gasteiger partial charge < -0.3 is 10.6 Å². The Morgan fingerprint density at radius 1 is 0.900 bits per heavy atom. The van der Waals surface area contributed by atoms with Gasteiger partial charge in [-0.05, 0) is 46.6 Å². The highest BCUT2D eigenvalue weighted by Gasteiger charge is 2.14. The summed E-state index contributed by atoms with van der Waals surface area (Å²) in [5.74, 6) is 0.449. The Labute approximate surface area is 254 Å². The van der Waals surface area contributed by atoms with Crippen LogP contribution in [0.25, 0.3) is 22.6 Å². The van der Waals surface area contributed by atoms with Crippen LogP contribution in [-0.4, -0.2) is 42.3 Å². The lowest BCUT2D eigenvalue weighted by Gasteiger charge is -2.10. The maximum atomic E-state index is 13.9. The summed E-state index contributed by atoms with van der Waals surface area (Å²) < 4.78 is 18.2. The number of fused-ring (bicyclic) bond motifs is 2. The maximum Gasteiger partial charge on any atom is 0.178 e. The van der Waals surface area contributed by atoms with E-state index in [1.807, 2.05) is 6.07 Å². The van der Waals surface area contributed by atoms with E-state index >= 15 is 0 Å². The summed E-state index contributed by atoms with van der Waals surface area (Å²) in [4.78, 5) is 8.69. The van der Waals surface area contributed by atoms with E-state index in [9.17, 15) is 4.39 Å². The Hall–Kier alpha value is -3.21. The van der Waals surface area contributed by atoms with Crippen LogP contribution in [0.1, 0.15) is 33.3 Å². The molecule has 0 amide bonds. The van der Waals surface area contributed by atoms with Crippen molar-refractivity contribution >= 4 is 68.5 Å². The van der Waals surface area contributed by atoms with Crippen LogP contribution in [-0.2, 0) is 0 Å². The maximum absolute atomic E-state index is 13.9. The molecule has 0 spiro atoms. The molecule has 0 fully saturated rings. The number of nitrogens with zero attached hydrogens (tertiary/aromatic N) is 7. The zero-order valence-electron chi connectivity index (χ0n) is 22.3. The lowest BCUT2D eigenvalue weighted by molar-refractivity contribution is 0.624. The zero-order chi connectivity index (χ0) is 29.0. The summed E-state index contributed by atoms with van der Waals surface area (Å²) in [7, 11) is 0. The second-order valence-electron chi connectivity index (χ2n) is 9.81. The van der Waals surface area contributed by atoms with Gasteiger partial charge in [-0.3, -0.25) is 0 Å². The minimum atomic E-state index is -0.579. The van der Waals surface area contributed by atoms with Crippen LogP contribution in [0.3, 0.4) is 0 Å². The molecule has 4 aromatic heterocycles. The molecule has 0 saturated carbocycles. The van der Waals surface area contributed by atoms with Crippen molar-refractivity contribution in [2.24, 2.45) is 11.8 Å². The number of hydrogen-bond donors (Lipinski definition) is 2. The summed E-state index contributed by atoms with van der Waals surface area (Å²) in [5.41, 5.74) is 4.29. The molecule has 0 radical (unpaired) electrons. The highest BCUT2D eigenvalue weighted by Crippen LogP contribution is 2.27. The zero-order valence-corrected chi connectivity index (χ0v) is 25.9. The number of nitriles is 1. The lowest BCUT2D eigenvalue weighted by atomic mass is 10.1. The third kappa shape index (κ3) is 6.92. The number of imidazole rings is 2. The Morgan fingerprint density at radius 2 is 1.45 bits per heavy atom. The van der Waals surface area contributed by atoms with Gasteiger partial charge >= 0.3 is 0 Å². The molecule has 0 aliphatic heterocycles. The fourth-order valence-corrected chi connectivity index (χ4v) is 4.55. The fourth-order valence-electron chi connectivity index (χ4n) is 3.70. The molecule has 208 valence electrons. The highest BCUT2D eigenvalue weighted by molar-refractivity contribution is 14.1. The van der Waals surface area contributed by atoms with Crippen LogP contribution in [0, 0.1) is 32.7 Å². The van der Waals surface area contributed by atoms with Gasteiger partial charge in [-0.25, -0.2) is 23.4 Å². The molecule has 0 unspecified atom stereocenters. The topological polar surface area (TPSA) is 108 Å². The van der Waals surface area contributed by atoms with Gasteiger partial charge in [0.2, 0.25) is 0 Å². The van der Waals surface area contributed by atoms with Crippen molar-refractivity contribution in [3.05, 3.63) is 68.1 Å². The molecule has 1 aromatic carbocycles. The Balaban J connectivity index is 0.000000201. The molecule has 5 rings (SSSR count). The second kappa shape index (κ2) is 13.0. The number of anilines is 2. The van der Waals surface area contributed by atoms with Crippen molar-refractivity contribution in [1.82, 2.24) is 29.2 Å². The first-order chi connectivity index (χ1) is 19.1. The van der Waals surface area contributed by atoms with Crippen molar-refractivity contribution in [3.63, 3.8) is 0 Å². The summed E-state index contributed by atoms with van der Waals surface area (Å²) >= 11 is 14.3. The molecule has 0 aliphatic rings. The van der Waals surface area contributed by atoms with Gasteiger partial charge in [0.15, 0.2) is 21.6 Å². The first-order valence-corrected chi connectivity index (χ1v) is 14.3. The van der Waals surface area contributed by atoms with E-state index in [2.05, 4.69) is 81.1 Å². The molecular formula is C27H27Cl2FIN9. The minimum absolute atomic E-state index is 0.00199. The third-order valence-corrected chi connectivity index (χ3v) is 6.73. The third-order valence-electron chi connectivity index (χ3n) is 5.62. The molecule has 40 heavy (non-hydrogen) atoms. The number of aromatic nitrogens is 6. The molecule has 13 heteroatoms. The van der Waals surface area contributed by atoms with E-state index in [4.69, 9.17) is 28.5 Å². The van der Waals surface area contributed by atoms with E-state index in [1.165, 1.54) is 12.1 Å². The van der Waals surface area contributed by atoms with Crippen LogP contribution in [0.15, 0.2) is 42.7 Å². The quantitative estimate of drug-likeness (QED) is 0.174. The summed E-state index contributed by atoms with van der Waals surface area (Å²) in [6.07, 6.45) is 3.39. The second-order valence-corrected chi connectivity index (χ2v) is 11.7. The SMILES string of the molecule is CC(C)CNc1cc(Cl)nn2c(-c3ccc(C#N)c(F)c3)cnc12.CC(C)CNc1cc(Cl)nn2c(I)cnc12. The van der Waals surface area contributed by atoms with Gasteiger partial charge in [0.05, 0.1) is 35.0 Å².